The molecule has 2 aromatic rings. The zero-order valence-corrected chi connectivity index (χ0v) is 9.94. The van der Waals surface area contributed by atoms with Crippen molar-refractivity contribution in [1.29, 1.82) is 0 Å². The van der Waals surface area contributed by atoms with Crippen LogP contribution in [0.25, 0.3) is 11.1 Å². The van der Waals surface area contributed by atoms with Crippen LogP contribution in [0, 0.1) is 6.92 Å². The first kappa shape index (κ1) is 11.4. The lowest BCUT2D eigenvalue weighted by Crippen LogP contribution is -2.03. The van der Waals surface area contributed by atoms with Gasteiger partial charge in [-0.05, 0) is 29.7 Å². The van der Waals surface area contributed by atoms with Crippen molar-refractivity contribution in [2.75, 3.05) is 7.11 Å². The third-order valence-corrected chi connectivity index (χ3v) is 2.77. The van der Waals surface area contributed by atoms with Gasteiger partial charge in [0.1, 0.15) is 0 Å². The molecule has 0 radical (unpaired) electrons. The van der Waals surface area contributed by atoms with Gasteiger partial charge in [-0.25, -0.2) is 4.79 Å². The summed E-state index contributed by atoms with van der Waals surface area (Å²) in [6.07, 6.45) is 0. The highest BCUT2D eigenvalue weighted by atomic mass is 16.5. The van der Waals surface area contributed by atoms with E-state index in [4.69, 9.17) is 4.74 Å². The lowest BCUT2D eigenvalue weighted by atomic mass is 9.96. The molecule has 0 aliphatic heterocycles. The fourth-order valence-corrected chi connectivity index (χ4v) is 1.88. The second-order valence-electron chi connectivity index (χ2n) is 3.85. The molecule has 2 rings (SSSR count). The minimum absolute atomic E-state index is 0.302. The van der Waals surface area contributed by atoms with E-state index in [9.17, 15) is 4.79 Å². The second-order valence-corrected chi connectivity index (χ2v) is 3.85. The van der Waals surface area contributed by atoms with Crippen molar-refractivity contribution >= 4 is 5.97 Å². The molecule has 0 bridgehead atoms. The molecule has 0 spiro atoms. The molecule has 0 saturated heterocycles. The van der Waals surface area contributed by atoms with Crippen molar-refractivity contribution < 1.29 is 9.53 Å². The summed E-state index contributed by atoms with van der Waals surface area (Å²) in [7, 11) is 1.40. The number of carbonyl (C=O) groups is 1. The molecule has 0 unspecified atom stereocenters. The molecule has 0 aliphatic rings. The van der Waals surface area contributed by atoms with Gasteiger partial charge >= 0.3 is 5.97 Å². The molecule has 0 aliphatic carbocycles. The standard InChI is InChI=1S/C15H14O2/c1-11-7-3-4-8-12(11)13-9-5-6-10-14(13)15(16)17-2/h3-10H,1-2H3. The van der Waals surface area contributed by atoms with Gasteiger partial charge in [-0.2, -0.15) is 0 Å². The zero-order valence-electron chi connectivity index (χ0n) is 9.94. The first-order valence-corrected chi connectivity index (χ1v) is 5.47. The number of benzene rings is 2. The summed E-state index contributed by atoms with van der Waals surface area (Å²) in [4.78, 5) is 11.7. The molecule has 0 N–H and O–H groups in total. The Bertz CT molecular complexity index is 544. The smallest absolute Gasteiger partial charge is 0.338 e. The van der Waals surface area contributed by atoms with Crippen molar-refractivity contribution in [2.45, 2.75) is 6.92 Å². The zero-order chi connectivity index (χ0) is 12.3. The van der Waals surface area contributed by atoms with Crippen molar-refractivity contribution in [3.63, 3.8) is 0 Å². The molecular weight excluding hydrogens is 212 g/mol. The number of hydrogen-bond acceptors (Lipinski definition) is 2. The van der Waals surface area contributed by atoms with Crippen molar-refractivity contribution in [1.82, 2.24) is 0 Å². The molecule has 2 heteroatoms. The Kier molecular flexibility index (Phi) is 3.24. The number of hydrogen-bond donors (Lipinski definition) is 0. The predicted molar refractivity (Wildman–Crippen MR) is 68.0 cm³/mol. The van der Waals surface area contributed by atoms with E-state index in [1.165, 1.54) is 7.11 Å². The van der Waals surface area contributed by atoms with Crippen LogP contribution in [0.1, 0.15) is 15.9 Å². The molecule has 17 heavy (non-hydrogen) atoms. The third kappa shape index (κ3) is 2.21. The Balaban J connectivity index is 2.60. The van der Waals surface area contributed by atoms with Gasteiger partial charge in [0.2, 0.25) is 0 Å². The summed E-state index contributed by atoms with van der Waals surface area (Å²) < 4.78 is 4.80. The largest absolute Gasteiger partial charge is 0.465 e. The van der Waals surface area contributed by atoms with E-state index in [0.29, 0.717) is 5.56 Å². The van der Waals surface area contributed by atoms with Crippen LogP contribution < -0.4 is 0 Å². The van der Waals surface area contributed by atoms with Crippen LogP contribution in [-0.4, -0.2) is 13.1 Å². The van der Waals surface area contributed by atoms with Crippen LogP contribution in [0.5, 0.6) is 0 Å². The molecule has 2 aromatic carbocycles. The van der Waals surface area contributed by atoms with Gasteiger partial charge in [-0.15, -0.1) is 0 Å². The molecule has 2 nitrogen and oxygen atoms in total. The van der Waals surface area contributed by atoms with Gasteiger partial charge in [0.05, 0.1) is 12.7 Å². The quantitative estimate of drug-likeness (QED) is 0.733. The molecule has 0 atom stereocenters. The van der Waals surface area contributed by atoms with Gasteiger partial charge < -0.3 is 4.74 Å². The number of ether oxygens (including phenoxy) is 1. The normalized spacial score (nSPS) is 10.0. The molecule has 0 saturated carbocycles. The van der Waals surface area contributed by atoms with Gasteiger partial charge in [0.25, 0.3) is 0 Å². The lowest BCUT2D eigenvalue weighted by molar-refractivity contribution is 0.0601. The van der Waals surface area contributed by atoms with Crippen LogP contribution in [0.2, 0.25) is 0 Å². The first-order valence-electron chi connectivity index (χ1n) is 5.47. The maximum absolute atomic E-state index is 11.7. The maximum atomic E-state index is 11.7. The van der Waals surface area contributed by atoms with Crippen molar-refractivity contribution in [3.05, 3.63) is 59.7 Å². The van der Waals surface area contributed by atoms with Crippen LogP contribution in [0.15, 0.2) is 48.5 Å². The van der Waals surface area contributed by atoms with E-state index in [2.05, 4.69) is 0 Å². The Hall–Kier alpha value is -2.09. The highest BCUT2D eigenvalue weighted by molar-refractivity contribution is 5.97. The highest BCUT2D eigenvalue weighted by Gasteiger charge is 2.13. The Morgan fingerprint density at radius 2 is 1.53 bits per heavy atom. The van der Waals surface area contributed by atoms with Gasteiger partial charge in [-0.3, -0.25) is 0 Å². The van der Waals surface area contributed by atoms with Crippen molar-refractivity contribution in [3.8, 4) is 11.1 Å². The molecule has 0 fully saturated rings. The second kappa shape index (κ2) is 4.83. The van der Waals surface area contributed by atoms with Gasteiger partial charge in [0.15, 0.2) is 0 Å². The summed E-state index contributed by atoms with van der Waals surface area (Å²) in [5.41, 5.74) is 3.72. The van der Waals surface area contributed by atoms with Gasteiger partial charge in [-0.1, -0.05) is 42.5 Å². The number of carbonyl (C=O) groups excluding carboxylic acids is 1. The topological polar surface area (TPSA) is 26.3 Å². The molecular formula is C15H14O2. The van der Waals surface area contributed by atoms with E-state index in [-0.39, 0.29) is 5.97 Å². The van der Waals surface area contributed by atoms with E-state index >= 15 is 0 Å². The SMILES string of the molecule is COC(=O)c1ccccc1-c1ccccc1C. The number of aryl methyl sites for hydroxylation is 1. The summed E-state index contributed by atoms with van der Waals surface area (Å²) in [6.45, 7) is 2.03. The number of rotatable bonds is 2. The first-order chi connectivity index (χ1) is 8.24. The highest BCUT2D eigenvalue weighted by Crippen LogP contribution is 2.26. The Morgan fingerprint density at radius 3 is 2.18 bits per heavy atom. The number of esters is 1. The van der Waals surface area contributed by atoms with E-state index in [1.54, 1.807) is 6.07 Å². The molecule has 0 aromatic heterocycles. The molecule has 0 amide bonds. The van der Waals surface area contributed by atoms with Gasteiger partial charge in [0, 0.05) is 0 Å². The molecule has 0 heterocycles. The van der Waals surface area contributed by atoms with E-state index < -0.39 is 0 Å². The predicted octanol–water partition coefficient (Wildman–Crippen LogP) is 3.45. The maximum Gasteiger partial charge on any atom is 0.338 e. The van der Waals surface area contributed by atoms with Crippen LogP contribution in [-0.2, 0) is 4.74 Å². The average Bonchev–Trinajstić information content (AvgIpc) is 2.38. The van der Waals surface area contributed by atoms with E-state index in [0.717, 1.165) is 16.7 Å². The fourth-order valence-electron chi connectivity index (χ4n) is 1.88. The van der Waals surface area contributed by atoms with Crippen LogP contribution in [0.4, 0.5) is 0 Å². The monoisotopic (exact) mass is 226 g/mol. The summed E-state index contributed by atoms with van der Waals surface area (Å²) >= 11 is 0. The van der Waals surface area contributed by atoms with E-state index in [1.807, 2.05) is 49.4 Å². The van der Waals surface area contributed by atoms with Crippen LogP contribution >= 0.6 is 0 Å². The fraction of sp³-hybridized carbons (Fsp3) is 0.133. The third-order valence-electron chi connectivity index (χ3n) is 2.77. The summed E-state index contributed by atoms with van der Waals surface area (Å²) in [5.74, 6) is -0.302. The summed E-state index contributed by atoms with van der Waals surface area (Å²) in [5, 5.41) is 0. The summed E-state index contributed by atoms with van der Waals surface area (Å²) in [6, 6.07) is 15.5. The Labute approximate surface area is 101 Å². The lowest BCUT2D eigenvalue weighted by Gasteiger charge is -2.10. The minimum atomic E-state index is -0.302. The number of methoxy groups -OCH3 is 1. The average molecular weight is 226 g/mol. The minimum Gasteiger partial charge on any atom is -0.465 e. The van der Waals surface area contributed by atoms with Crippen molar-refractivity contribution in [2.24, 2.45) is 0 Å². The Morgan fingerprint density at radius 1 is 0.941 bits per heavy atom. The molecule has 86 valence electrons. The van der Waals surface area contributed by atoms with Crippen LogP contribution in [0.3, 0.4) is 0 Å².